The molecule has 0 fully saturated rings. The van der Waals surface area contributed by atoms with Crippen molar-refractivity contribution in [2.75, 3.05) is 32.6 Å². The molecule has 1 aromatic heterocycles. The van der Waals surface area contributed by atoms with Gasteiger partial charge in [0.05, 0.1) is 24.8 Å². The molecule has 0 bridgehead atoms. The molecule has 25 heavy (non-hydrogen) atoms. The van der Waals surface area contributed by atoms with E-state index < -0.39 is 16.0 Å². The molecule has 2 heterocycles. The lowest BCUT2D eigenvalue weighted by molar-refractivity contribution is 0.0598. The minimum Gasteiger partial charge on any atom is -0.467 e. The van der Waals surface area contributed by atoms with Gasteiger partial charge in [-0.25, -0.2) is 17.5 Å². The van der Waals surface area contributed by atoms with Gasteiger partial charge in [0, 0.05) is 26.3 Å². The van der Waals surface area contributed by atoms with Crippen molar-refractivity contribution < 1.29 is 22.4 Å². The predicted octanol–water partition coefficient (Wildman–Crippen LogP) is 1.88. The van der Waals surface area contributed by atoms with Gasteiger partial charge in [0.1, 0.15) is 11.3 Å². The van der Waals surface area contributed by atoms with E-state index in [9.17, 15) is 13.2 Å². The maximum atomic E-state index is 12.3. The third kappa shape index (κ3) is 3.14. The number of benzene rings is 1. The Morgan fingerprint density at radius 1 is 1.32 bits per heavy atom. The lowest BCUT2D eigenvalue weighted by atomic mass is 10.2. The Hall–Kier alpha value is -2.32. The lowest BCUT2D eigenvalue weighted by Crippen LogP contribution is -2.22. The van der Waals surface area contributed by atoms with E-state index in [0.29, 0.717) is 17.9 Å². The summed E-state index contributed by atoms with van der Waals surface area (Å²) in [6.45, 7) is 1.15. The number of esters is 1. The van der Waals surface area contributed by atoms with E-state index >= 15 is 0 Å². The van der Waals surface area contributed by atoms with Crippen LogP contribution in [0.1, 0.15) is 21.7 Å². The van der Waals surface area contributed by atoms with Gasteiger partial charge in [0.25, 0.3) is 0 Å². The van der Waals surface area contributed by atoms with Crippen molar-refractivity contribution in [3.8, 4) is 0 Å². The molecule has 1 aliphatic heterocycles. The van der Waals surface area contributed by atoms with Gasteiger partial charge in [0.15, 0.2) is 0 Å². The van der Waals surface area contributed by atoms with E-state index in [-0.39, 0.29) is 4.90 Å². The number of hydrogen-bond acceptors (Lipinski definition) is 6. The van der Waals surface area contributed by atoms with E-state index in [1.807, 2.05) is 0 Å². The van der Waals surface area contributed by atoms with Gasteiger partial charge in [-0.05, 0) is 36.2 Å². The summed E-state index contributed by atoms with van der Waals surface area (Å²) < 4.78 is 35.9. The monoisotopic (exact) mass is 364 g/mol. The quantitative estimate of drug-likeness (QED) is 0.754. The molecule has 0 aliphatic carbocycles. The predicted molar refractivity (Wildman–Crippen MR) is 92.1 cm³/mol. The Bertz CT molecular complexity index is 902. The average molecular weight is 364 g/mol. The van der Waals surface area contributed by atoms with Crippen molar-refractivity contribution in [2.24, 2.45) is 0 Å². The summed E-state index contributed by atoms with van der Waals surface area (Å²) in [7, 11) is 0.906. The van der Waals surface area contributed by atoms with Crippen molar-refractivity contribution in [1.29, 1.82) is 0 Å². The van der Waals surface area contributed by atoms with Crippen LogP contribution in [0.5, 0.6) is 0 Å². The standard InChI is InChI=1S/C17H20N2O5S/c1-18(2)25(21,22)13-4-5-15-12(10-13)6-8-19(15)11-16-14(7-9-24-16)17(20)23-3/h4-5,7,9-10H,6,8,11H2,1-3H3. The first-order valence-corrected chi connectivity index (χ1v) is 9.23. The zero-order valence-corrected chi connectivity index (χ0v) is 15.2. The second kappa shape index (κ2) is 6.53. The number of methoxy groups -OCH3 is 1. The lowest BCUT2D eigenvalue weighted by Gasteiger charge is -2.19. The van der Waals surface area contributed by atoms with Crippen LogP contribution in [-0.4, -0.2) is 46.4 Å². The fourth-order valence-electron chi connectivity index (χ4n) is 2.91. The normalized spacial score (nSPS) is 14.0. The Morgan fingerprint density at radius 2 is 2.08 bits per heavy atom. The Kier molecular flexibility index (Phi) is 4.57. The number of furan rings is 1. The molecular weight excluding hydrogens is 344 g/mol. The number of hydrogen-bond donors (Lipinski definition) is 0. The highest BCUT2D eigenvalue weighted by Gasteiger charge is 2.26. The number of rotatable bonds is 5. The van der Waals surface area contributed by atoms with Gasteiger partial charge in [-0.3, -0.25) is 0 Å². The molecular formula is C17H20N2O5S. The third-order valence-corrected chi connectivity index (χ3v) is 6.12. The summed E-state index contributed by atoms with van der Waals surface area (Å²) in [5.41, 5.74) is 2.32. The SMILES string of the molecule is COC(=O)c1ccoc1CN1CCc2cc(S(=O)(=O)N(C)C)ccc21. The number of carbonyl (C=O) groups excluding carboxylic acids is 1. The molecule has 1 aliphatic rings. The van der Waals surface area contributed by atoms with Gasteiger partial charge in [-0.1, -0.05) is 0 Å². The maximum absolute atomic E-state index is 12.3. The van der Waals surface area contributed by atoms with Crippen LogP contribution in [0.3, 0.4) is 0 Å². The largest absolute Gasteiger partial charge is 0.467 e. The number of nitrogens with zero attached hydrogens (tertiary/aromatic N) is 2. The highest BCUT2D eigenvalue weighted by molar-refractivity contribution is 7.89. The molecule has 0 spiro atoms. The fraction of sp³-hybridized carbons (Fsp3) is 0.353. The number of ether oxygens (including phenoxy) is 1. The van der Waals surface area contributed by atoms with E-state index in [0.717, 1.165) is 24.2 Å². The molecule has 134 valence electrons. The molecule has 1 aromatic carbocycles. The molecule has 0 saturated carbocycles. The van der Waals surface area contributed by atoms with Crippen LogP contribution in [-0.2, 0) is 27.7 Å². The van der Waals surface area contributed by atoms with Crippen molar-refractivity contribution in [3.05, 3.63) is 47.4 Å². The summed E-state index contributed by atoms with van der Waals surface area (Å²) in [6.07, 6.45) is 2.20. The minimum atomic E-state index is -3.45. The first kappa shape index (κ1) is 17.5. The molecule has 8 heteroatoms. The number of fused-ring (bicyclic) bond motifs is 1. The topological polar surface area (TPSA) is 80.1 Å². The van der Waals surface area contributed by atoms with E-state index in [2.05, 4.69) is 4.90 Å². The van der Waals surface area contributed by atoms with Crippen molar-refractivity contribution in [2.45, 2.75) is 17.9 Å². The molecule has 7 nitrogen and oxygen atoms in total. The molecule has 0 atom stereocenters. The summed E-state index contributed by atoms with van der Waals surface area (Å²) in [5, 5.41) is 0. The van der Waals surface area contributed by atoms with Gasteiger partial charge in [-0.2, -0.15) is 0 Å². The molecule has 2 aromatic rings. The third-order valence-electron chi connectivity index (χ3n) is 4.31. The van der Waals surface area contributed by atoms with Gasteiger partial charge < -0.3 is 14.1 Å². The summed E-state index contributed by atoms with van der Waals surface area (Å²) in [5.74, 6) is 0.0975. The van der Waals surface area contributed by atoms with Crippen molar-refractivity contribution in [3.63, 3.8) is 0 Å². The van der Waals surface area contributed by atoms with Crippen LogP contribution >= 0.6 is 0 Å². The van der Waals surface area contributed by atoms with Crippen LogP contribution in [0.25, 0.3) is 0 Å². The summed E-state index contributed by atoms with van der Waals surface area (Å²) >= 11 is 0. The van der Waals surface area contributed by atoms with Crippen molar-refractivity contribution >= 4 is 21.7 Å². The van der Waals surface area contributed by atoms with E-state index in [1.54, 1.807) is 24.3 Å². The average Bonchev–Trinajstić information content (AvgIpc) is 3.21. The highest BCUT2D eigenvalue weighted by Crippen LogP contribution is 2.32. The Balaban J connectivity index is 1.86. The van der Waals surface area contributed by atoms with E-state index in [1.165, 1.54) is 31.8 Å². The van der Waals surface area contributed by atoms with Gasteiger partial charge in [-0.15, -0.1) is 0 Å². The molecule has 0 saturated heterocycles. The highest BCUT2D eigenvalue weighted by atomic mass is 32.2. The zero-order valence-electron chi connectivity index (χ0n) is 14.4. The Morgan fingerprint density at radius 3 is 2.76 bits per heavy atom. The molecule has 0 N–H and O–H groups in total. The molecule has 0 radical (unpaired) electrons. The smallest absolute Gasteiger partial charge is 0.341 e. The summed E-state index contributed by atoms with van der Waals surface area (Å²) in [4.78, 5) is 14.1. The molecule has 3 rings (SSSR count). The van der Waals surface area contributed by atoms with Crippen LogP contribution in [0.4, 0.5) is 5.69 Å². The van der Waals surface area contributed by atoms with Gasteiger partial charge >= 0.3 is 5.97 Å². The Labute approximate surface area is 146 Å². The first-order chi connectivity index (χ1) is 11.8. The van der Waals surface area contributed by atoms with Crippen molar-refractivity contribution in [1.82, 2.24) is 4.31 Å². The fourth-order valence-corrected chi connectivity index (χ4v) is 3.86. The molecule has 0 amide bonds. The second-order valence-corrected chi connectivity index (χ2v) is 8.15. The van der Waals surface area contributed by atoms with Crippen LogP contribution < -0.4 is 4.90 Å². The second-order valence-electron chi connectivity index (χ2n) is 6.00. The van der Waals surface area contributed by atoms with Crippen LogP contribution in [0, 0.1) is 0 Å². The summed E-state index contributed by atoms with van der Waals surface area (Å²) in [6, 6.07) is 6.72. The first-order valence-electron chi connectivity index (χ1n) is 7.79. The number of anilines is 1. The number of sulfonamides is 1. The van der Waals surface area contributed by atoms with Gasteiger partial charge in [0.2, 0.25) is 10.0 Å². The van der Waals surface area contributed by atoms with Crippen LogP contribution in [0.2, 0.25) is 0 Å². The molecule has 0 unspecified atom stereocenters. The number of carbonyl (C=O) groups is 1. The zero-order chi connectivity index (χ0) is 18.2. The van der Waals surface area contributed by atoms with Crippen LogP contribution in [0.15, 0.2) is 39.8 Å². The van der Waals surface area contributed by atoms with E-state index in [4.69, 9.17) is 9.15 Å². The minimum absolute atomic E-state index is 0.284. The maximum Gasteiger partial charge on any atom is 0.341 e.